The molecular weight excluding hydrogens is 400 g/mol. The van der Waals surface area contributed by atoms with Crippen molar-refractivity contribution in [1.82, 2.24) is 0 Å². The molecule has 1 heterocycles. The van der Waals surface area contributed by atoms with Crippen molar-refractivity contribution in [3.63, 3.8) is 0 Å². The lowest BCUT2D eigenvalue weighted by atomic mass is 10.1. The van der Waals surface area contributed by atoms with Crippen LogP contribution in [0.5, 0.6) is 11.5 Å². The lowest BCUT2D eigenvalue weighted by molar-refractivity contribution is -0.122. The third kappa shape index (κ3) is 4.63. The van der Waals surface area contributed by atoms with Crippen molar-refractivity contribution in [1.29, 1.82) is 0 Å². The average Bonchev–Trinajstić information content (AvgIpc) is 3.13. The summed E-state index contributed by atoms with van der Waals surface area (Å²) in [5, 5.41) is 3.50. The maximum Gasteiger partial charge on any atom is 0.229 e. The van der Waals surface area contributed by atoms with Crippen LogP contribution in [0.2, 0.25) is 5.02 Å². The highest BCUT2D eigenvalue weighted by molar-refractivity contribution is 6.30. The zero-order valence-electron chi connectivity index (χ0n) is 16.5. The SMILES string of the molecule is Cc1ccc(Oc2ccc(NC(=O)[C@H]3CC(=O)N(c4ccc(Cl)cc4)C3)cc2)cc1. The van der Waals surface area contributed by atoms with Gasteiger partial charge < -0.3 is 15.0 Å². The highest BCUT2D eigenvalue weighted by Crippen LogP contribution is 2.28. The van der Waals surface area contributed by atoms with E-state index in [4.69, 9.17) is 16.3 Å². The van der Waals surface area contributed by atoms with E-state index in [0.717, 1.165) is 11.4 Å². The van der Waals surface area contributed by atoms with Crippen LogP contribution in [0.1, 0.15) is 12.0 Å². The normalized spacial score (nSPS) is 15.9. The van der Waals surface area contributed by atoms with Gasteiger partial charge in [0.15, 0.2) is 0 Å². The summed E-state index contributed by atoms with van der Waals surface area (Å²) in [5.41, 5.74) is 2.58. The van der Waals surface area contributed by atoms with Crippen molar-refractivity contribution < 1.29 is 14.3 Å². The lowest BCUT2D eigenvalue weighted by Gasteiger charge is -2.17. The number of nitrogens with one attached hydrogen (secondary N) is 1. The van der Waals surface area contributed by atoms with E-state index < -0.39 is 5.92 Å². The number of carbonyl (C=O) groups excluding carboxylic acids is 2. The first kappa shape index (κ1) is 20.0. The van der Waals surface area contributed by atoms with Crippen LogP contribution < -0.4 is 15.0 Å². The minimum atomic E-state index is -0.406. The summed E-state index contributed by atoms with van der Waals surface area (Å²) >= 11 is 5.91. The Hall–Kier alpha value is -3.31. The molecule has 1 aliphatic heterocycles. The molecule has 4 rings (SSSR count). The van der Waals surface area contributed by atoms with Gasteiger partial charge in [0.05, 0.1) is 5.92 Å². The number of halogens is 1. The van der Waals surface area contributed by atoms with Crippen molar-refractivity contribution in [2.24, 2.45) is 5.92 Å². The van der Waals surface area contributed by atoms with Gasteiger partial charge >= 0.3 is 0 Å². The highest BCUT2D eigenvalue weighted by atomic mass is 35.5. The Morgan fingerprint density at radius 1 is 0.967 bits per heavy atom. The summed E-state index contributed by atoms with van der Waals surface area (Å²) in [6, 6.07) is 22.0. The fraction of sp³-hybridized carbons (Fsp3) is 0.167. The molecule has 3 aromatic carbocycles. The fourth-order valence-electron chi connectivity index (χ4n) is 3.35. The maximum absolute atomic E-state index is 12.7. The van der Waals surface area contributed by atoms with Crippen LogP contribution in [0.25, 0.3) is 0 Å². The summed E-state index contributed by atoms with van der Waals surface area (Å²) in [5.74, 6) is 0.786. The van der Waals surface area contributed by atoms with E-state index in [-0.39, 0.29) is 18.2 Å². The van der Waals surface area contributed by atoms with Gasteiger partial charge in [-0.25, -0.2) is 0 Å². The highest BCUT2D eigenvalue weighted by Gasteiger charge is 2.35. The molecule has 0 radical (unpaired) electrons. The van der Waals surface area contributed by atoms with Crippen LogP contribution in [-0.4, -0.2) is 18.4 Å². The predicted octanol–water partition coefficient (Wildman–Crippen LogP) is 5.43. The van der Waals surface area contributed by atoms with E-state index in [1.54, 1.807) is 53.4 Å². The molecule has 1 saturated heterocycles. The second-order valence-electron chi connectivity index (χ2n) is 7.31. The van der Waals surface area contributed by atoms with Crippen molar-refractivity contribution in [3.05, 3.63) is 83.4 Å². The number of carbonyl (C=O) groups is 2. The lowest BCUT2D eigenvalue weighted by Crippen LogP contribution is -2.28. The molecule has 6 heteroatoms. The van der Waals surface area contributed by atoms with Crippen LogP contribution in [0.4, 0.5) is 11.4 Å². The maximum atomic E-state index is 12.7. The molecule has 0 unspecified atom stereocenters. The molecule has 0 bridgehead atoms. The molecule has 1 aliphatic rings. The van der Waals surface area contributed by atoms with Gasteiger partial charge in [0.25, 0.3) is 0 Å². The second-order valence-corrected chi connectivity index (χ2v) is 7.75. The molecule has 152 valence electrons. The molecule has 0 aromatic heterocycles. The van der Waals surface area contributed by atoms with Gasteiger partial charge in [-0.2, -0.15) is 0 Å². The Bertz CT molecular complexity index is 1050. The molecule has 1 fully saturated rings. The van der Waals surface area contributed by atoms with E-state index in [1.807, 2.05) is 31.2 Å². The van der Waals surface area contributed by atoms with Crippen molar-refractivity contribution in [3.8, 4) is 11.5 Å². The predicted molar refractivity (Wildman–Crippen MR) is 118 cm³/mol. The minimum Gasteiger partial charge on any atom is -0.457 e. The third-order valence-corrected chi connectivity index (χ3v) is 5.26. The number of benzene rings is 3. The summed E-state index contributed by atoms with van der Waals surface area (Å²) < 4.78 is 5.81. The van der Waals surface area contributed by atoms with Gasteiger partial charge in [0, 0.05) is 29.4 Å². The number of hydrogen-bond acceptors (Lipinski definition) is 3. The Kier molecular flexibility index (Phi) is 5.72. The van der Waals surface area contributed by atoms with Gasteiger partial charge in [-0.1, -0.05) is 29.3 Å². The van der Waals surface area contributed by atoms with Crippen molar-refractivity contribution >= 4 is 34.8 Å². The summed E-state index contributed by atoms with van der Waals surface area (Å²) in [6.45, 7) is 2.37. The number of rotatable bonds is 5. The Balaban J connectivity index is 1.36. The molecular formula is C24H21ClN2O3. The molecule has 0 aliphatic carbocycles. The Morgan fingerprint density at radius 2 is 1.57 bits per heavy atom. The average molecular weight is 421 g/mol. The van der Waals surface area contributed by atoms with Crippen molar-refractivity contribution in [2.45, 2.75) is 13.3 Å². The van der Waals surface area contributed by atoms with Crippen LogP contribution in [-0.2, 0) is 9.59 Å². The van der Waals surface area contributed by atoms with E-state index in [0.29, 0.717) is 23.0 Å². The van der Waals surface area contributed by atoms with Gasteiger partial charge in [0.1, 0.15) is 11.5 Å². The summed E-state index contributed by atoms with van der Waals surface area (Å²) in [6.07, 6.45) is 0.184. The molecule has 0 spiro atoms. The quantitative estimate of drug-likeness (QED) is 0.598. The minimum absolute atomic E-state index is 0.0701. The fourth-order valence-corrected chi connectivity index (χ4v) is 3.47. The Morgan fingerprint density at radius 3 is 2.20 bits per heavy atom. The standard InChI is InChI=1S/C24H21ClN2O3/c1-16-2-10-21(11-3-16)30-22-12-6-19(7-13-22)26-24(29)17-14-23(28)27(15-17)20-8-4-18(25)5-9-20/h2-13,17H,14-15H2,1H3,(H,26,29)/t17-/m0/s1. The van der Waals surface area contributed by atoms with Crippen LogP contribution in [0.3, 0.4) is 0 Å². The van der Waals surface area contributed by atoms with Gasteiger partial charge in [-0.3, -0.25) is 9.59 Å². The first-order valence-corrected chi connectivity index (χ1v) is 10.1. The number of amides is 2. The van der Waals surface area contributed by atoms with Gasteiger partial charge in [0.2, 0.25) is 11.8 Å². The first-order valence-electron chi connectivity index (χ1n) is 9.69. The number of ether oxygens (including phenoxy) is 1. The smallest absolute Gasteiger partial charge is 0.229 e. The number of hydrogen-bond donors (Lipinski definition) is 1. The molecule has 2 amide bonds. The topological polar surface area (TPSA) is 58.6 Å². The molecule has 3 aromatic rings. The van der Waals surface area contributed by atoms with Gasteiger partial charge in [-0.15, -0.1) is 0 Å². The summed E-state index contributed by atoms with van der Waals surface area (Å²) in [4.78, 5) is 26.6. The third-order valence-electron chi connectivity index (χ3n) is 5.01. The number of aryl methyl sites for hydroxylation is 1. The molecule has 5 nitrogen and oxygen atoms in total. The summed E-state index contributed by atoms with van der Waals surface area (Å²) in [7, 11) is 0. The van der Waals surface area contributed by atoms with E-state index in [2.05, 4.69) is 5.32 Å². The number of nitrogens with zero attached hydrogens (tertiary/aromatic N) is 1. The van der Waals surface area contributed by atoms with Gasteiger partial charge in [-0.05, 0) is 67.6 Å². The van der Waals surface area contributed by atoms with E-state index in [9.17, 15) is 9.59 Å². The van der Waals surface area contributed by atoms with E-state index in [1.165, 1.54) is 5.56 Å². The van der Waals surface area contributed by atoms with E-state index >= 15 is 0 Å². The molecule has 30 heavy (non-hydrogen) atoms. The largest absolute Gasteiger partial charge is 0.457 e. The monoisotopic (exact) mass is 420 g/mol. The Labute approximate surface area is 180 Å². The molecule has 1 N–H and O–H groups in total. The number of anilines is 2. The first-order chi connectivity index (χ1) is 14.5. The zero-order chi connectivity index (χ0) is 21.1. The zero-order valence-corrected chi connectivity index (χ0v) is 17.2. The second kappa shape index (κ2) is 8.59. The van der Waals surface area contributed by atoms with Crippen LogP contribution in [0, 0.1) is 12.8 Å². The van der Waals surface area contributed by atoms with Crippen LogP contribution >= 0.6 is 11.6 Å². The molecule has 0 saturated carbocycles. The molecule has 1 atom stereocenters. The van der Waals surface area contributed by atoms with Crippen LogP contribution in [0.15, 0.2) is 72.8 Å². The van der Waals surface area contributed by atoms with Crippen molar-refractivity contribution in [2.75, 3.05) is 16.8 Å².